The van der Waals surface area contributed by atoms with Gasteiger partial charge in [-0.3, -0.25) is 0 Å². The standard InChI is InChI=1S/C13H8N2O3/c16-13(17)9-7-14-18-12(9)11-6-5-8-3-1-2-4-10(8)15-11/h1-7H,(H,16,17). The maximum Gasteiger partial charge on any atom is 0.341 e. The lowest BCUT2D eigenvalue weighted by Gasteiger charge is -2.00. The number of aromatic carboxylic acids is 1. The van der Waals surface area contributed by atoms with Crippen molar-refractivity contribution in [3.8, 4) is 11.5 Å². The summed E-state index contributed by atoms with van der Waals surface area (Å²) in [5.41, 5.74) is 1.25. The molecule has 1 aromatic carbocycles. The highest BCUT2D eigenvalue weighted by Gasteiger charge is 2.17. The number of carboxylic acid groups (broad SMARTS) is 1. The molecule has 3 aromatic rings. The van der Waals surface area contributed by atoms with Gasteiger partial charge in [-0.1, -0.05) is 29.4 Å². The molecule has 0 aliphatic rings. The molecule has 0 saturated carbocycles. The summed E-state index contributed by atoms with van der Waals surface area (Å²) in [4.78, 5) is 15.4. The van der Waals surface area contributed by atoms with Gasteiger partial charge < -0.3 is 9.63 Å². The molecule has 0 unspecified atom stereocenters. The summed E-state index contributed by atoms with van der Waals surface area (Å²) in [5, 5.41) is 13.5. The minimum absolute atomic E-state index is 0.0118. The van der Waals surface area contributed by atoms with Gasteiger partial charge in [-0.2, -0.15) is 0 Å². The molecule has 2 aromatic heterocycles. The van der Waals surface area contributed by atoms with Crippen molar-refractivity contribution in [2.75, 3.05) is 0 Å². The Balaban J connectivity index is 2.19. The summed E-state index contributed by atoms with van der Waals surface area (Å²) in [6, 6.07) is 11.2. The van der Waals surface area contributed by atoms with Crippen LogP contribution in [0.15, 0.2) is 47.1 Å². The average Bonchev–Trinajstić information content (AvgIpc) is 2.87. The average molecular weight is 240 g/mol. The van der Waals surface area contributed by atoms with Crippen molar-refractivity contribution in [1.82, 2.24) is 10.1 Å². The van der Waals surface area contributed by atoms with E-state index in [0.717, 1.165) is 10.9 Å². The van der Waals surface area contributed by atoms with Gasteiger partial charge in [0, 0.05) is 5.39 Å². The zero-order valence-electron chi connectivity index (χ0n) is 9.20. The van der Waals surface area contributed by atoms with Gasteiger partial charge >= 0.3 is 5.97 Å². The molecule has 5 nitrogen and oxygen atoms in total. The van der Waals surface area contributed by atoms with Crippen LogP contribution in [-0.2, 0) is 0 Å². The number of pyridine rings is 1. The molecule has 0 aliphatic carbocycles. The monoisotopic (exact) mass is 240 g/mol. The lowest BCUT2D eigenvalue weighted by Crippen LogP contribution is -1.96. The van der Waals surface area contributed by atoms with Gasteiger partial charge in [0.1, 0.15) is 11.3 Å². The number of hydrogen-bond acceptors (Lipinski definition) is 4. The number of benzene rings is 1. The Morgan fingerprint density at radius 1 is 1.17 bits per heavy atom. The summed E-state index contributed by atoms with van der Waals surface area (Å²) < 4.78 is 4.97. The third kappa shape index (κ3) is 1.62. The van der Waals surface area contributed by atoms with Gasteiger partial charge in [-0.15, -0.1) is 0 Å². The summed E-state index contributed by atoms with van der Waals surface area (Å²) >= 11 is 0. The molecule has 0 aliphatic heterocycles. The molecule has 0 amide bonds. The van der Waals surface area contributed by atoms with E-state index in [1.807, 2.05) is 30.3 Å². The highest BCUT2D eigenvalue weighted by atomic mass is 16.5. The smallest absolute Gasteiger partial charge is 0.341 e. The summed E-state index contributed by atoms with van der Waals surface area (Å²) in [6.45, 7) is 0. The zero-order valence-corrected chi connectivity index (χ0v) is 9.20. The molecule has 0 spiro atoms. The number of rotatable bonds is 2. The molecule has 18 heavy (non-hydrogen) atoms. The molecule has 3 rings (SSSR count). The van der Waals surface area contributed by atoms with Gasteiger partial charge in [0.25, 0.3) is 0 Å². The van der Waals surface area contributed by atoms with E-state index in [9.17, 15) is 4.79 Å². The molecule has 2 heterocycles. The van der Waals surface area contributed by atoms with E-state index < -0.39 is 5.97 Å². The van der Waals surface area contributed by atoms with Gasteiger partial charge in [0.15, 0.2) is 5.76 Å². The fraction of sp³-hybridized carbons (Fsp3) is 0. The summed E-state index contributed by atoms with van der Waals surface area (Å²) in [5.74, 6) is -0.908. The lowest BCUT2D eigenvalue weighted by molar-refractivity contribution is 0.0697. The molecule has 0 atom stereocenters. The van der Waals surface area contributed by atoms with Crippen LogP contribution in [0, 0.1) is 0 Å². The molecule has 1 N–H and O–H groups in total. The maximum absolute atomic E-state index is 11.0. The molecule has 0 fully saturated rings. The van der Waals surface area contributed by atoms with Crippen LogP contribution >= 0.6 is 0 Å². The Kier molecular flexibility index (Phi) is 2.30. The highest BCUT2D eigenvalue weighted by Crippen LogP contribution is 2.24. The van der Waals surface area contributed by atoms with E-state index >= 15 is 0 Å². The van der Waals surface area contributed by atoms with Crippen molar-refractivity contribution in [3.63, 3.8) is 0 Å². The second kappa shape index (κ2) is 3.96. The number of nitrogens with zero attached hydrogens (tertiary/aromatic N) is 2. The van der Waals surface area contributed by atoms with Crippen LogP contribution in [0.1, 0.15) is 10.4 Å². The van der Waals surface area contributed by atoms with E-state index in [1.54, 1.807) is 6.07 Å². The summed E-state index contributed by atoms with van der Waals surface area (Å²) in [7, 11) is 0. The number of fused-ring (bicyclic) bond motifs is 1. The zero-order chi connectivity index (χ0) is 12.5. The predicted molar refractivity (Wildman–Crippen MR) is 64.2 cm³/mol. The third-order valence-electron chi connectivity index (χ3n) is 2.63. The van der Waals surface area contributed by atoms with Crippen molar-refractivity contribution < 1.29 is 14.4 Å². The first-order valence-electron chi connectivity index (χ1n) is 5.30. The van der Waals surface area contributed by atoms with E-state index in [4.69, 9.17) is 9.63 Å². The second-order valence-corrected chi connectivity index (χ2v) is 3.76. The predicted octanol–water partition coefficient (Wildman–Crippen LogP) is 2.59. The highest BCUT2D eigenvalue weighted by molar-refractivity contribution is 5.94. The van der Waals surface area contributed by atoms with Gasteiger partial charge in [-0.25, -0.2) is 9.78 Å². The fourth-order valence-corrected chi connectivity index (χ4v) is 1.77. The van der Waals surface area contributed by atoms with Crippen LogP contribution in [0.4, 0.5) is 0 Å². The SMILES string of the molecule is O=C(O)c1cnoc1-c1ccc2ccccc2n1. The molecular weight excluding hydrogens is 232 g/mol. The van der Waals surface area contributed by atoms with Crippen molar-refractivity contribution in [2.45, 2.75) is 0 Å². The normalized spacial score (nSPS) is 10.7. The van der Waals surface area contributed by atoms with Crippen molar-refractivity contribution in [1.29, 1.82) is 0 Å². The molecule has 88 valence electrons. The van der Waals surface area contributed by atoms with Gasteiger partial charge in [-0.05, 0) is 12.1 Å². The van der Waals surface area contributed by atoms with Crippen molar-refractivity contribution in [3.05, 3.63) is 48.2 Å². The van der Waals surface area contributed by atoms with Crippen LogP contribution in [0.25, 0.3) is 22.4 Å². The van der Waals surface area contributed by atoms with Crippen LogP contribution in [-0.4, -0.2) is 21.2 Å². The lowest BCUT2D eigenvalue weighted by atomic mass is 10.1. The number of aromatic nitrogens is 2. The van der Waals surface area contributed by atoms with Crippen molar-refractivity contribution >= 4 is 16.9 Å². The molecule has 0 bridgehead atoms. The van der Waals surface area contributed by atoms with Crippen LogP contribution in [0.2, 0.25) is 0 Å². The Hall–Kier alpha value is -2.69. The van der Waals surface area contributed by atoms with Gasteiger partial charge in [0.05, 0.1) is 11.7 Å². The van der Waals surface area contributed by atoms with Crippen LogP contribution in [0.5, 0.6) is 0 Å². The number of hydrogen-bond donors (Lipinski definition) is 1. The van der Waals surface area contributed by atoms with Gasteiger partial charge in [0.2, 0.25) is 0 Å². The number of para-hydroxylation sites is 1. The molecule has 0 radical (unpaired) electrons. The van der Waals surface area contributed by atoms with E-state index in [1.165, 1.54) is 6.20 Å². The third-order valence-corrected chi connectivity index (χ3v) is 2.63. The van der Waals surface area contributed by atoms with E-state index in [2.05, 4.69) is 10.1 Å². The van der Waals surface area contributed by atoms with Crippen LogP contribution in [0.3, 0.4) is 0 Å². The molecule has 5 heteroatoms. The van der Waals surface area contributed by atoms with E-state index in [0.29, 0.717) is 5.69 Å². The second-order valence-electron chi connectivity index (χ2n) is 3.76. The van der Waals surface area contributed by atoms with E-state index in [-0.39, 0.29) is 11.3 Å². The van der Waals surface area contributed by atoms with Crippen LogP contribution < -0.4 is 0 Å². The largest absolute Gasteiger partial charge is 0.477 e. The first-order chi connectivity index (χ1) is 8.75. The Labute approximate surface area is 102 Å². The summed E-state index contributed by atoms with van der Waals surface area (Å²) in [6.07, 6.45) is 1.18. The minimum atomic E-state index is -1.08. The van der Waals surface area contributed by atoms with Crippen molar-refractivity contribution in [2.24, 2.45) is 0 Å². The molecular formula is C13H8N2O3. The first kappa shape index (κ1) is 10.5. The molecule has 0 saturated heterocycles. The maximum atomic E-state index is 11.0. The minimum Gasteiger partial charge on any atom is -0.477 e. The first-order valence-corrected chi connectivity index (χ1v) is 5.30. The topological polar surface area (TPSA) is 76.2 Å². The Morgan fingerprint density at radius 2 is 2.00 bits per heavy atom. The fourth-order valence-electron chi connectivity index (χ4n) is 1.77. The Bertz CT molecular complexity index is 734. The Morgan fingerprint density at radius 3 is 2.83 bits per heavy atom. The number of carbonyl (C=O) groups is 1. The number of carboxylic acids is 1. The quantitative estimate of drug-likeness (QED) is 0.745.